The number of pyridine rings is 1. The monoisotopic (exact) mass is 752 g/mol. The number of fused-ring (bicyclic) bond motifs is 4. The van der Waals surface area contributed by atoms with Crippen LogP contribution in [0.4, 0.5) is 37.8 Å². The van der Waals surface area contributed by atoms with E-state index in [-0.39, 0.29) is 61.8 Å². The third-order valence-electron chi connectivity index (χ3n) is 9.24. The van der Waals surface area contributed by atoms with Crippen molar-refractivity contribution in [1.29, 1.82) is 0 Å². The van der Waals surface area contributed by atoms with Gasteiger partial charge < -0.3 is 11.5 Å². The maximum Gasteiger partial charge on any atom is 0.293 e. The molecule has 2 aromatic carbocycles. The molecular formula is C32H27ClF6N8O3S. The number of benzene rings is 2. The van der Waals surface area contributed by atoms with Crippen molar-refractivity contribution in [2.75, 3.05) is 16.7 Å². The predicted octanol–water partition coefficient (Wildman–Crippen LogP) is 5.92. The number of aryl methyl sites for hydroxylation is 1. The molecule has 0 spiro atoms. The van der Waals surface area contributed by atoms with Gasteiger partial charge in [-0.2, -0.15) is 19.0 Å². The second-order valence-electron chi connectivity index (χ2n) is 12.8. The number of aromatic nitrogens is 5. The highest BCUT2D eigenvalue weighted by Gasteiger charge is 2.67. The van der Waals surface area contributed by atoms with Crippen LogP contribution in [-0.2, 0) is 34.2 Å². The molecule has 0 saturated heterocycles. The number of hydrogen-bond acceptors (Lipinski definition) is 7. The van der Waals surface area contributed by atoms with E-state index in [1.807, 2.05) is 0 Å². The summed E-state index contributed by atoms with van der Waals surface area (Å²) in [5.41, 5.74) is 10.5. The molecule has 2 aliphatic carbocycles. The van der Waals surface area contributed by atoms with Gasteiger partial charge in [0, 0.05) is 41.6 Å². The van der Waals surface area contributed by atoms with E-state index in [0.717, 1.165) is 18.4 Å². The first kappa shape index (κ1) is 34.6. The van der Waals surface area contributed by atoms with E-state index < -0.39 is 81.5 Å². The number of sulfonamides is 1. The van der Waals surface area contributed by atoms with E-state index in [9.17, 15) is 30.8 Å². The number of amides is 1. The molecule has 0 bridgehead atoms. The van der Waals surface area contributed by atoms with Crippen LogP contribution in [0.15, 0.2) is 42.6 Å². The first-order chi connectivity index (χ1) is 23.9. The van der Waals surface area contributed by atoms with Crippen molar-refractivity contribution in [3.05, 3.63) is 87.5 Å². The van der Waals surface area contributed by atoms with Gasteiger partial charge in [0.1, 0.15) is 29.1 Å². The lowest BCUT2D eigenvalue weighted by molar-refractivity contribution is -0.122. The number of hydrogen-bond donors (Lipinski definition) is 3. The largest absolute Gasteiger partial charge is 0.397 e. The minimum atomic E-state index is -3.84. The minimum absolute atomic E-state index is 0.0459. The number of nitrogen functional groups attached to an aromatic ring is 1. The molecule has 1 amide bonds. The highest BCUT2D eigenvalue weighted by Crippen LogP contribution is 2.68. The molecule has 7 rings (SSSR count). The normalized spacial score (nSPS) is 18.9. The molecule has 3 heterocycles. The van der Waals surface area contributed by atoms with Gasteiger partial charge in [0.05, 0.1) is 39.8 Å². The summed E-state index contributed by atoms with van der Waals surface area (Å²) in [4.78, 5) is 18.0. The molecule has 19 heteroatoms. The van der Waals surface area contributed by atoms with Gasteiger partial charge in [-0.25, -0.2) is 30.7 Å². The number of halogens is 7. The van der Waals surface area contributed by atoms with Crippen LogP contribution in [0.1, 0.15) is 58.9 Å². The van der Waals surface area contributed by atoms with Crippen LogP contribution in [0.5, 0.6) is 0 Å². The van der Waals surface area contributed by atoms with Crippen LogP contribution in [0, 0.1) is 17.6 Å². The number of carbonyl (C=O) groups is 1. The zero-order chi connectivity index (χ0) is 36.9. The topological polar surface area (TPSA) is 164 Å². The Labute approximate surface area is 290 Å². The molecule has 5 N–H and O–H groups in total. The summed E-state index contributed by atoms with van der Waals surface area (Å²) in [5.74, 6) is -10.7. The molecule has 51 heavy (non-hydrogen) atoms. The number of nitrogens with zero attached hydrogens (tertiary/aromatic N) is 5. The lowest BCUT2D eigenvalue weighted by Crippen LogP contribution is -2.37. The van der Waals surface area contributed by atoms with E-state index in [1.165, 1.54) is 36.1 Å². The maximum atomic E-state index is 15.8. The van der Waals surface area contributed by atoms with E-state index >= 15 is 8.78 Å². The first-order valence-electron chi connectivity index (χ1n) is 15.3. The molecule has 2 aliphatic rings. The van der Waals surface area contributed by atoms with Crippen LogP contribution in [0.3, 0.4) is 0 Å². The Morgan fingerprint density at radius 3 is 2.41 bits per heavy atom. The van der Waals surface area contributed by atoms with Crippen LogP contribution in [-0.4, -0.2) is 45.1 Å². The zero-order valence-corrected chi connectivity index (χ0v) is 28.1. The molecule has 5 aromatic rings. The summed E-state index contributed by atoms with van der Waals surface area (Å²) in [7, 11) is -2.36. The summed E-state index contributed by atoms with van der Waals surface area (Å²) < 4.78 is 118. The lowest BCUT2D eigenvalue weighted by Gasteiger charge is -2.29. The predicted molar refractivity (Wildman–Crippen MR) is 175 cm³/mol. The van der Waals surface area contributed by atoms with Crippen molar-refractivity contribution < 1.29 is 39.6 Å². The Hall–Kier alpha value is -4.84. The Kier molecular flexibility index (Phi) is 8.05. The van der Waals surface area contributed by atoms with Gasteiger partial charge in [-0.15, -0.1) is 0 Å². The Bertz CT molecular complexity index is 2360. The van der Waals surface area contributed by atoms with Gasteiger partial charge in [-0.1, -0.05) is 17.7 Å². The molecule has 1 unspecified atom stereocenters. The molecule has 11 nitrogen and oxygen atoms in total. The van der Waals surface area contributed by atoms with Crippen LogP contribution < -0.4 is 16.2 Å². The minimum Gasteiger partial charge on any atom is -0.397 e. The van der Waals surface area contributed by atoms with Crippen molar-refractivity contribution in [3.63, 3.8) is 0 Å². The highest BCUT2D eigenvalue weighted by atomic mass is 35.5. The van der Waals surface area contributed by atoms with Crippen molar-refractivity contribution in [2.24, 2.45) is 18.7 Å². The number of rotatable bonds is 10. The maximum absolute atomic E-state index is 15.8. The van der Waals surface area contributed by atoms with E-state index in [2.05, 4.69) is 19.9 Å². The van der Waals surface area contributed by atoms with Gasteiger partial charge in [0.15, 0.2) is 5.82 Å². The summed E-state index contributed by atoms with van der Waals surface area (Å²) >= 11 is 6.53. The van der Waals surface area contributed by atoms with Crippen molar-refractivity contribution >= 4 is 49.9 Å². The number of nitrogens with one attached hydrogen (secondary N) is 1. The van der Waals surface area contributed by atoms with E-state index in [0.29, 0.717) is 10.7 Å². The number of alkyl halides is 4. The van der Waals surface area contributed by atoms with Crippen molar-refractivity contribution in [3.8, 4) is 11.1 Å². The fourth-order valence-electron chi connectivity index (χ4n) is 7.29. The molecule has 1 saturated carbocycles. The molecule has 3 aromatic heterocycles. The number of nitrogens with two attached hydrogens (primary N) is 2. The Morgan fingerprint density at radius 2 is 1.78 bits per heavy atom. The summed E-state index contributed by atoms with van der Waals surface area (Å²) in [6.07, 6.45) is -1.70. The first-order valence-corrected chi connectivity index (χ1v) is 17.6. The fourth-order valence-corrected chi connectivity index (χ4v) is 8.03. The standard InChI is InChI=1S/C32H27ClF6N8O3S/c1-46-26-16(3-4-21(33)23(26)31(44-46)45-51(2,49)50)17-9-15(40)11-42-24(17)19(7-12-5-13(34)8-14(35)6-12)27(30(41)48)47-28-22(25(43-47)29(36)37)18-10-20(18)32(28,38)39/h3-6,8-9,11,18-20,27,29H,7,10,40H2,1-2H3,(H2,41,48)(H,44,45)/t18-,19+,20+,27?/m0/s1. The van der Waals surface area contributed by atoms with Crippen molar-refractivity contribution in [2.45, 2.75) is 43.1 Å². The summed E-state index contributed by atoms with van der Waals surface area (Å²) in [6, 6.07) is 4.92. The van der Waals surface area contributed by atoms with Crippen LogP contribution in [0.25, 0.3) is 22.0 Å². The fraction of sp³-hybridized carbons (Fsp3) is 0.312. The molecule has 1 fully saturated rings. The highest BCUT2D eigenvalue weighted by molar-refractivity contribution is 7.92. The SMILES string of the molecule is Cn1nc(NS(C)(=O)=O)c2c(Cl)ccc(-c3cc(N)cnc3[C@@H](Cc3cc(F)cc(F)c3)C(C(N)=O)n3nc(C(F)F)c4c3C(F)(F)[C@@H]3C[C@H]43)c21. The third-order valence-corrected chi connectivity index (χ3v) is 10.1. The van der Waals surface area contributed by atoms with Gasteiger partial charge in [0.2, 0.25) is 15.9 Å². The van der Waals surface area contributed by atoms with E-state index in [4.69, 9.17) is 23.1 Å². The molecule has 0 aliphatic heterocycles. The Morgan fingerprint density at radius 1 is 1.10 bits per heavy atom. The average molecular weight is 753 g/mol. The third kappa shape index (κ3) is 5.83. The second kappa shape index (κ2) is 11.9. The van der Waals surface area contributed by atoms with Gasteiger partial charge >= 0.3 is 0 Å². The molecule has 4 atom stereocenters. The summed E-state index contributed by atoms with van der Waals surface area (Å²) in [6.45, 7) is 0. The van der Waals surface area contributed by atoms with E-state index in [1.54, 1.807) is 0 Å². The van der Waals surface area contributed by atoms with Gasteiger partial charge in [0.25, 0.3) is 12.3 Å². The zero-order valence-electron chi connectivity index (χ0n) is 26.5. The second-order valence-corrected chi connectivity index (χ2v) is 14.9. The van der Waals surface area contributed by atoms with Crippen molar-refractivity contribution in [1.82, 2.24) is 24.5 Å². The number of anilines is 2. The number of primary amides is 1. The molecule has 0 radical (unpaired) electrons. The number of carbonyl (C=O) groups excluding carboxylic acids is 1. The summed E-state index contributed by atoms with van der Waals surface area (Å²) in [5, 5.41) is 8.37. The quantitative estimate of drug-likeness (QED) is 0.149. The lowest BCUT2D eigenvalue weighted by atomic mass is 9.84. The smallest absolute Gasteiger partial charge is 0.293 e. The van der Waals surface area contributed by atoms with Gasteiger partial charge in [-0.05, 0) is 48.6 Å². The average Bonchev–Trinajstić information content (AvgIpc) is 3.54. The van der Waals surface area contributed by atoms with Gasteiger partial charge in [-0.3, -0.25) is 19.2 Å². The Balaban J connectivity index is 1.51. The molecular weight excluding hydrogens is 726 g/mol. The van der Waals surface area contributed by atoms with Crippen LogP contribution >= 0.6 is 11.6 Å². The van der Waals surface area contributed by atoms with Crippen LogP contribution in [0.2, 0.25) is 5.02 Å². The molecule has 268 valence electrons.